The van der Waals surface area contributed by atoms with Crippen LogP contribution in [0.1, 0.15) is 30.5 Å². The van der Waals surface area contributed by atoms with Gasteiger partial charge >= 0.3 is 0 Å². The van der Waals surface area contributed by atoms with E-state index in [0.29, 0.717) is 30.2 Å². The van der Waals surface area contributed by atoms with Crippen LogP contribution in [0.25, 0.3) is 0 Å². The van der Waals surface area contributed by atoms with Gasteiger partial charge in [0.25, 0.3) is 0 Å². The minimum atomic E-state index is -3.23. The number of aryl methyl sites for hydroxylation is 1. The summed E-state index contributed by atoms with van der Waals surface area (Å²) < 4.78 is 37.1. The highest BCUT2D eigenvalue weighted by Gasteiger charge is 2.11. The molecule has 31 heavy (non-hydrogen) atoms. The highest BCUT2D eigenvalue weighted by molar-refractivity contribution is 7.89. The Kier molecular flexibility index (Phi) is 9.30. The number of aliphatic imine (C=N–C) groups is 1. The quantitative estimate of drug-likeness (QED) is 0.431. The molecule has 0 saturated heterocycles. The summed E-state index contributed by atoms with van der Waals surface area (Å²) in [5, 5.41) is 6.50. The van der Waals surface area contributed by atoms with E-state index in [1.807, 2.05) is 19.1 Å². The number of benzene rings is 2. The van der Waals surface area contributed by atoms with Gasteiger partial charge in [-0.2, -0.15) is 0 Å². The molecule has 0 aliphatic carbocycles. The third-order valence-electron chi connectivity index (χ3n) is 4.85. The molecule has 2 N–H and O–H groups in total. The zero-order valence-corrected chi connectivity index (χ0v) is 19.6. The minimum absolute atomic E-state index is 0.135. The van der Waals surface area contributed by atoms with Crippen molar-refractivity contribution in [3.63, 3.8) is 0 Å². The Hall–Kier alpha value is -2.61. The number of anilines is 1. The molecule has 0 heterocycles. The predicted molar refractivity (Wildman–Crippen MR) is 127 cm³/mol. The molecule has 0 unspecified atom stereocenters. The van der Waals surface area contributed by atoms with E-state index >= 15 is 0 Å². The van der Waals surface area contributed by atoms with Crippen molar-refractivity contribution in [2.75, 3.05) is 37.3 Å². The molecular weight excluding hydrogens is 415 g/mol. The average molecular weight is 449 g/mol. The Morgan fingerprint density at radius 1 is 1.10 bits per heavy atom. The third-order valence-corrected chi connectivity index (χ3v) is 5.69. The first-order valence-corrected chi connectivity index (χ1v) is 12.6. The SMILES string of the molecule is CCNC(=NCc1cc(F)ccc1CS(C)(=O)=O)NCCN(CC)c1ccccc1C. The molecule has 0 spiro atoms. The van der Waals surface area contributed by atoms with Crippen LogP contribution in [0, 0.1) is 12.7 Å². The second kappa shape index (κ2) is 11.7. The van der Waals surface area contributed by atoms with Crippen molar-refractivity contribution < 1.29 is 12.8 Å². The highest BCUT2D eigenvalue weighted by atomic mass is 32.2. The average Bonchev–Trinajstić information content (AvgIpc) is 2.71. The van der Waals surface area contributed by atoms with E-state index in [1.54, 1.807) is 0 Å². The third kappa shape index (κ3) is 8.20. The maximum absolute atomic E-state index is 13.7. The van der Waals surface area contributed by atoms with Crippen LogP contribution < -0.4 is 15.5 Å². The standard InChI is InChI=1S/C23H33FN4O2S/c1-5-25-23(26-13-14-28(6-2)22-10-8-7-9-18(22)3)27-16-20-15-21(24)12-11-19(20)17-31(4,29)30/h7-12,15H,5-6,13-14,16-17H2,1-4H3,(H2,25,26,27). The molecule has 6 nitrogen and oxygen atoms in total. The van der Waals surface area contributed by atoms with Crippen molar-refractivity contribution >= 4 is 21.5 Å². The second-order valence-electron chi connectivity index (χ2n) is 7.47. The van der Waals surface area contributed by atoms with Crippen LogP contribution in [0.2, 0.25) is 0 Å². The van der Waals surface area contributed by atoms with Gasteiger partial charge in [-0.05, 0) is 55.7 Å². The largest absolute Gasteiger partial charge is 0.370 e. The Bertz CT molecular complexity index is 993. The van der Waals surface area contributed by atoms with Gasteiger partial charge in [0.1, 0.15) is 5.82 Å². The number of para-hydroxylation sites is 1. The van der Waals surface area contributed by atoms with Crippen LogP contribution in [0.4, 0.5) is 10.1 Å². The summed E-state index contributed by atoms with van der Waals surface area (Å²) in [6.07, 6.45) is 1.17. The molecule has 0 radical (unpaired) electrons. The van der Waals surface area contributed by atoms with E-state index in [-0.39, 0.29) is 12.3 Å². The minimum Gasteiger partial charge on any atom is -0.370 e. The number of hydrogen-bond acceptors (Lipinski definition) is 4. The number of likely N-dealkylation sites (N-methyl/N-ethyl adjacent to an activating group) is 1. The first kappa shape index (κ1) is 24.7. The molecule has 2 aromatic rings. The van der Waals surface area contributed by atoms with E-state index < -0.39 is 15.7 Å². The first-order chi connectivity index (χ1) is 14.7. The molecule has 0 aliphatic rings. The molecule has 0 amide bonds. The van der Waals surface area contributed by atoms with Crippen LogP contribution in [0.15, 0.2) is 47.5 Å². The van der Waals surface area contributed by atoms with Crippen LogP contribution in [0.5, 0.6) is 0 Å². The topological polar surface area (TPSA) is 73.8 Å². The van der Waals surface area contributed by atoms with Crippen molar-refractivity contribution in [2.24, 2.45) is 4.99 Å². The lowest BCUT2D eigenvalue weighted by molar-refractivity contribution is 0.600. The lowest BCUT2D eigenvalue weighted by atomic mass is 10.1. The number of nitrogens with one attached hydrogen (secondary N) is 2. The number of hydrogen-bond donors (Lipinski definition) is 2. The maximum atomic E-state index is 13.7. The zero-order chi connectivity index (χ0) is 22.9. The first-order valence-electron chi connectivity index (χ1n) is 10.5. The van der Waals surface area contributed by atoms with Crippen molar-refractivity contribution in [1.29, 1.82) is 0 Å². The van der Waals surface area contributed by atoms with Crippen molar-refractivity contribution in [1.82, 2.24) is 10.6 Å². The van der Waals surface area contributed by atoms with Gasteiger partial charge in [0.05, 0.1) is 12.3 Å². The van der Waals surface area contributed by atoms with Gasteiger partial charge in [0.2, 0.25) is 0 Å². The smallest absolute Gasteiger partial charge is 0.191 e. The van der Waals surface area contributed by atoms with Gasteiger partial charge in [0, 0.05) is 38.1 Å². The molecule has 0 aromatic heterocycles. The van der Waals surface area contributed by atoms with Gasteiger partial charge in [-0.15, -0.1) is 0 Å². The summed E-state index contributed by atoms with van der Waals surface area (Å²) in [4.78, 5) is 6.84. The number of halogens is 1. The fourth-order valence-electron chi connectivity index (χ4n) is 3.35. The van der Waals surface area contributed by atoms with Gasteiger partial charge in [-0.25, -0.2) is 17.8 Å². The Labute approximate surface area is 185 Å². The maximum Gasteiger partial charge on any atom is 0.191 e. The zero-order valence-electron chi connectivity index (χ0n) is 18.8. The molecule has 0 saturated carbocycles. The predicted octanol–water partition coefficient (Wildman–Crippen LogP) is 3.26. The Balaban J connectivity index is 2.07. The fourth-order valence-corrected chi connectivity index (χ4v) is 4.19. The monoisotopic (exact) mass is 448 g/mol. The summed E-state index contributed by atoms with van der Waals surface area (Å²) in [6, 6.07) is 12.4. The van der Waals surface area contributed by atoms with E-state index in [0.717, 1.165) is 13.1 Å². The summed E-state index contributed by atoms with van der Waals surface area (Å²) >= 11 is 0. The lowest BCUT2D eigenvalue weighted by Gasteiger charge is -2.25. The molecule has 0 aliphatic heterocycles. The molecule has 0 bridgehead atoms. The number of guanidine groups is 1. The summed E-state index contributed by atoms with van der Waals surface area (Å²) in [5.41, 5.74) is 3.58. The van der Waals surface area contributed by atoms with E-state index in [2.05, 4.69) is 46.5 Å². The van der Waals surface area contributed by atoms with Crippen LogP contribution in [-0.2, 0) is 22.1 Å². The molecule has 170 valence electrons. The fraction of sp³-hybridized carbons (Fsp3) is 0.435. The number of nitrogens with zero attached hydrogens (tertiary/aromatic N) is 2. The second-order valence-corrected chi connectivity index (χ2v) is 9.61. The van der Waals surface area contributed by atoms with Gasteiger partial charge in [-0.1, -0.05) is 24.3 Å². The van der Waals surface area contributed by atoms with Crippen molar-refractivity contribution in [3.05, 3.63) is 65.0 Å². The molecular formula is C23H33FN4O2S. The van der Waals surface area contributed by atoms with Crippen molar-refractivity contribution in [3.8, 4) is 0 Å². The Morgan fingerprint density at radius 2 is 1.84 bits per heavy atom. The normalized spacial score (nSPS) is 12.0. The van der Waals surface area contributed by atoms with E-state index in [9.17, 15) is 12.8 Å². The summed E-state index contributed by atoms with van der Waals surface area (Å²) in [7, 11) is -3.23. The number of sulfone groups is 1. The van der Waals surface area contributed by atoms with Gasteiger partial charge in [-0.3, -0.25) is 0 Å². The summed E-state index contributed by atoms with van der Waals surface area (Å²) in [5.74, 6) is 0.0689. The van der Waals surface area contributed by atoms with Gasteiger partial charge in [0.15, 0.2) is 15.8 Å². The molecule has 2 rings (SSSR count). The summed E-state index contributed by atoms with van der Waals surface area (Å²) in [6.45, 7) is 9.42. The molecule has 2 aromatic carbocycles. The van der Waals surface area contributed by atoms with Crippen LogP contribution in [0.3, 0.4) is 0 Å². The Morgan fingerprint density at radius 3 is 2.48 bits per heavy atom. The van der Waals surface area contributed by atoms with E-state index in [1.165, 1.54) is 35.7 Å². The lowest BCUT2D eigenvalue weighted by Crippen LogP contribution is -2.41. The van der Waals surface area contributed by atoms with Crippen LogP contribution in [-0.4, -0.2) is 46.8 Å². The highest BCUT2D eigenvalue weighted by Crippen LogP contribution is 2.18. The van der Waals surface area contributed by atoms with Crippen LogP contribution >= 0.6 is 0 Å². The van der Waals surface area contributed by atoms with Crippen molar-refractivity contribution in [2.45, 2.75) is 33.1 Å². The number of rotatable bonds is 10. The molecule has 0 atom stereocenters. The molecule has 8 heteroatoms. The van der Waals surface area contributed by atoms with E-state index in [4.69, 9.17) is 0 Å². The molecule has 0 fully saturated rings. The van der Waals surface area contributed by atoms with Gasteiger partial charge < -0.3 is 15.5 Å².